The van der Waals surface area contributed by atoms with E-state index in [0.717, 1.165) is 5.69 Å². The minimum absolute atomic E-state index is 0.174. The first kappa shape index (κ1) is 11.3. The molecule has 3 rings (SSSR count). The molecule has 0 atom stereocenters. The molecule has 2 heterocycles. The molecule has 2 aromatic heterocycles. The van der Waals surface area contributed by atoms with E-state index < -0.39 is 0 Å². The summed E-state index contributed by atoms with van der Waals surface area (Å²) in [7, 11) is 0. The molecule has 1 aromatic carbocycles. The maximum Gasteiger partial charge on any atom is 0.260 e. The molecule has 0 bridgehead atoms. The van der Waals surface area contributed by atoms with Gasteiger partial charge in [0.15, 0.2) is 5.65 Å². The van der Waals surface area contributed by atoms with Crippen LogP contribution in [0.5, 0.6) is 0 Å². The second-order valence-electron chi connectivity index (χ2n) is 3.78. The SMILES string of the molecule is O=c1[nH]cnc2c1ccn2-c1cc(Cl)cc(Cl)c1. The van der Waals surface area contributed by atoms with E-state index in [9.17, 15) is 4.79 Å². The summed E-state index contributed by atoms with van der Waals surface area (Å²) in [6.45, 7) is 0. The quantitative estimate of drug-likeness (QED) is 0.744. The molecule has 0 unspecified atom stereocenters. The Balaban J connectivity index is 2.32. The highest BCUT2D eigenvalue weighted by Gasteiger charge is 2.08. The molecule has 6 heteroatoms. The molecular weight excluding hydrogens is 273 g/mol. The molecule has 1 N–H and O–H groups in total. The summed E-state index contributed by atoms with van der Waals surface area (Å²) >= 11 is 11.9. The molecule has 0 aliphatic heterocycles. The lowest BCUT2D eigenvalue weighted by Gasteiger charge is -2.05. The van der Waals surface area contributed by atoms with Crippen LogP contribution in [0.15, 0.2) is 41.6 Å². The number of aromatic amines is 1. The van der Waals surface area contributed by atoms with Crippen LogP contribution < -0.4 is 5.56 Å². The van der Waals surface area contributed by atoms with Crippen LogP contribution in [0.25, 0.3) is 16.7 Å². The number of rotatable bonds is 1. The number of nitrogens with zero attached hydrogens (tertiary/aromatic N) is 2. The summed E-state index contributed by atoms with van der Waals surface area (Å²) < 4.78 is 1.77. The third kappa shape index (κ3) is 1.79. The normalized spacial score (nSPS) is 11.0. The number of hydrogen-bond donors (Lipinski definition) is 1. The Kier molecular flexibility index (Phi) is 2.61. The lowest BCUT2D eigenvalue weighted by molar-refractivity contribution is 1.07. The van der Waals surface area contributed by atoms with Crippen LogP contribution in [0, 0.1) is 0 Å². The van der Waals surface area contributed by atoms with Crippen LogP contribution >= 0.6 is 23.2 Å². The van der Waals surface area contributed by atoms with Crippen LogP contribution in [0.2, 0.25) is 10.0 Å². The van der Waals surface area contributed by atoms with Crippen molar-refractivity contribution in [2.45, 2.75) is 0 Å². The molecule has 0 saturated carbocycles. The number of nitrogens with one attached hydrogen (secondary N) is 1. The number of aromatic nitrogens is 3. The van der Waals surface area contributed by atoms with Crippen LogP contribution in [0.4, 0.5) is 0 Å². The molecular formula is C12H7Cl2N3O. The van der Waals surface area contributed by atoms with Gasteiger partial charge in [-0.25, -0.2) is 4.98 Å². The summed E-state index contributed by atoms with van der Waals surface area (Å²) in [4.78, 5) is 18.3. The van der Waals surface area contributed by atoms with Crippen molar-refractivity contribution in [3.8, 4) is 5.69 Å². The number of H-pyrrole nitrogens is 1. The van der Waals surface area contributed by atoms with E-state index in [2.05, 4.69) is 9.97 Å². The van der Waals surface area contributed by atoms with Crippen LogP contribution in [0.3, 0.4) is 0 Å². The van der Waals surface area contributed by atoms with Gasteiger partial charge >= 0.3 is 0 Å². The fourth-order valence-electron chi connectivity index (χ4n) is 1.85. The number of hydrogen-bond acceptors (Lipinski definition) is 2. The van der Waals surface area contributed by atoms with Crippen molar-refractivity contribution in [3.63, 3.8) is 0 Å². The van der Waals surface area contributed by atoms with Crippen molar-refractivity contribution in [1.29, 1.82) is 0 Å². The van der Waals surface area contributed by atoms with Crippen molar-refractivity contribution in [1.82, 2.24) is 14.5 Å². The maximum atomic E-state index is 11.6. The smallest absolute Gasteiger partial charge is 0.260 e. The number of benzene rings is 1. The molecule has 18 heavy (non-hydrogen) atoms. The number of fused-ring (bicyclic) bond motifs is 1. The van der Waals surface area contributed by atoms with Gasteiger partial charge in [0.25, 0.3) is 5.56 Å². The minimum Gasteiger partial charge on any atom is -0.313 e. The van der Waals surface area contributed by atoms with Gasteiger partial charge in [-0.1, -0.05) is 23.2 Å². The lowest BCUT2D eigenvalue weighted by atomic mass is 10.3. The molecule has 0 aliphatic carbocycles. The second kappa shape index (κ2) is 4.15. The Morgan fingerprint density at radius 1 is 1.17 bits per heavy atom. The minimum atomic E-state index is -0.174. The second-order valence-corrected chi connectivity index (χ2v) is 4.66. The van der Waals surface area contributed by atoms with Crippen LogP contribution in [-0.4, -0.2) is 14.5 Å². The van der Waals surface area contributed by atoms with Gasteiger partial charge in [-0.15, -0.1) is 0 Å². The molecule has 0 aliphatic rings. The summed E-state index contributed by atoms with van der Waals surface area (Å²) in [5.74, 6) is 0. The molecule has 3 aromatic rings. The van der Waals surface area contributed by atoms with E-state index in [0.29, 0.717) is 21.1 Å². The molecule has 0 spiro atoms. The zero-order chi connectivity index (χ0) is 12.7. The fourth-order valence-corrected chi connectivity index (χ4v) is 2.36. The van der Waals surface area contributed by atoms with E-state index in [1.54, 1.807) is 35.0 Å². The highest BCUT2D eigenvalue weighted by Crippen LogP contribution is 2.23. The van der Waals surface area contributed by atoms with E-state index in [1.807, 2.05) is 0 Å². The Morgan fingerprint density at radius 2 is 1.89 bits per heavy atom. The first-order chi connectivity index (χ1) is 8.65. The first-order valence-electron chi connectivity index (χ1n) is 5.16. The zero-order valence-electron chi connectivity index (χ0n) is 9.02. The Morgan fingerprint density at radius 3 is 2.61 bits per heavy atom. The molecule has 4 nitrogen and oxygen atoms in total. The lowest BCUT2D eigenvalue weighted by Crippen LogP contribution is -2.06. The van der Waals surface area contributed by atoms with Gasteiger partial charge in [0, 0.05) is 21.9 Å². The highest BCUT2D eigenvalue weighted by molar-refractivity contribution is 6.34. The summed E-state index contributed by atoms with van der Waals surface area (Å²) in [5, 5.41) is 1.59. The average molecular weight is 280 g/mol. The van der Waals surface area contributed by atoms with Gasteiger partial charge in [0.05, 0.1) is 11.7 Å². The van der Waals surface area contributed by atoms with Gasteiger partial charge in [0.1, 0.15) is 0 Å². The Labute approximate surface area is 112 Å². The highest BCUT2D eigenvalue weighted by atomic mass is 35.5. The van der Waals surface area contributed by atoms with E-state index in [-0.39, 0.29) is 5.56 Å². The summed E-state index contributed by atoms with van der Waals surface area (Å²) in [6.07, 6.45) is 3.13. The predicted molar refractivity (Wildman–Crippen MR) is 71.7 cm³/mol. The molecule has 0 saturated heterocycles. The van der Waals surface area contributed by atoms with Gasteiger partial charge in [-0.2, -0.15) is 0 Å². The largest absolute Gasteiger partial charge is 0.313 e. The van der Waals surface area contributed by atoms with Crippen molar-refractivity contribution in [2.24, 2.45) is 0 Å². The van der Waals surface area contributed by atoms with Crippen molar-refractivity contribution >= 4 is 34.2 Å². The molecule has 0 fully saturated rings. The zero-order valence-corrected chi connectivity index (χ0v) is 10.5. The van der Waals surface area contributed by atoms with Crippen molar-refractivity contribution in [2.75, 3.05) is 0 Å². The van der Waals surface area contributed by atoms with E-state index in [4.69, 9.17) is 23.2 Å². The van der Waals surface area contributed by atoms with Crippen LogP contribution in [-0.2, 0) is 0 Å². The van der Waals surface area contributed by atoms with Gasteiger partial charge in [-0.3, -0.25) is 4.79 Å². The van der Waals surface area contributed by atoms with Gasteiger partial charge in [-0.05, 0) is 24.3 Å². The fraction of sp³-hybridized carbons (Fsp3) is 0. The topological polar surface area (TPSA) is 50.7 Å². The maximum absolute atomic E-state index is 11.6. The van der Waals surface area contributed by atoms with Crippen LogP contribution in [0.1, 0.15) is 0 Å². The third-order valence-corrected chi connectivity index (χ3v) is 3.05. The van der Waals surface area contributed by atoms with Gasteiger partial charge < -0.3 is 9.55 Å². The molecule has 90 valence electrons. The summed E-state index contributed by atoms with van der Waals surface area (Å²) in [6, 6.07) is 6.88. The molecule has 0 amide bonds. The Bertz CT molecular complexity index is 771. The van der Waals surface area contributed by atoms with E-state index >= 15 is 0 Å². The average Bonchev–Trinajstić information content (AvgIpc) is 2.73. The predicted octanol–water partition coefficient (Wildman–Crippen LogP) is 3.02. The van der Waals surface area contributed by atoms with Crippen molar-refractivity contribution in [3.05, 3.63) is 57.2 Å². The standard InChI is InChI=1S/C12H7Cl2N3O/c13-7-3-8(14)5-9(4-7)17-2-1-10-11(17)15-6-16-12(10)18/h1-6H,(H,15,16,18). The van der Waals surface area contributed by atoms with Gasteiger partial charge in [0.2, 0.25) is 0 Å². The van der Waals surface area contributed by atoms with Crippen molar-refractivity contribution < 1.29 is 0 Å². The number of halogens is 2. The third-order valence-electron chi connectivity index (χ3n) is 2.61. The first-order valence-corrected chi connectivity index (χ1v) is 5.92. The van der Waals surface area contributed by atoms with E-state index in [1.165, 1.54) is 6.33 Å². The molecule has 0 radical (unpaired) electrons. The summed E-state index contributed by atoms with van der Waals surface area (Å²) in [5.41, 5.74) is 1.16. The monoisotopic (exact) mass is 279 g/mol. The Hall–Kier alpha value is -1.78.